The first-order valence-electron chi connectivity index (χ1n) is 5.71. The van der Waals surface area contributed by atoms with Gasteiger partial charge in [0.05, 0.1) is 7.11 Å². The molecule has 2 heterocycles. The SMILES string of the molecule is COc1ccc(-c2nnc(Cl)c3ccccc23)cn1. The Morgan fingerprint density at radius 3 is 2.47 bits per heavy atom. The molecule has 0 unspecified atom stereocenters. The molecule has 3 aromatic rings. The molecule has 0 N–H and O–H groups in total. The minimum Gasteiger partial charge on any atom is -0.481 e. The fourth-order valence-corrected chi connectivity index (χ4v) is 2.13. The fraction of sp³-hybridized carbons (Fsp3) is 0.0714. The molecule has 94 valence electrons. The number of hydrogen-bond acceptors (Lipinski definition) is 4. The van der Waals surface area contributed by atoms with Gasteiger partial charge < -0.3 is 4.74 Å². The zero-order chi connectivity index (χ0) is 13.2. The maximum atomic E-state index is 6.05. The first-order valence-corrected chi connectivity index (χ1v) is 6.09. The molecule has 0 spiro atoms. The van der Waals surface area contributed by atoms with Crippen LogP contribution in [0.2, 0.25) is 5.15 Å². The van der Waals surface area contributed by atoms with Crippen molar-refractivity contribution in [3.05, 3.63) is 47.7 Å². The van der Waals surface area contributed by atoms with E-state index in [4.69, 9.17) is 16.3 Å². The van der Waals surface area contributed by atoms with Crippen LogP contribution in [-0.2, 0) is 0 Å². The van der Waals surface area contributed by atoms with Gasteiger partial charge in [-0.05, 0) is 6.07 Å². The molecule has 0 atom stereocenters. The van der Waals surface area contributed by atoms with Gasteiger partial charge in [-0.1, -0.05) is 35.9 Å². The highest BCUT2D eigenvalue weighted by Crippen LogP contribution is 2.29. The lowest BCUT2D eigenvalue weighted by molar-refractivity contribution is 0.398. The molecule has 0 saturated heterocycles. The van der Waals surface area contributed by atoms with Crippen LogP contribution in [0.4, 0.5) is 0 Å². The van der Waals surface area contributed by atoms with Gasteiger partial charge in [0, 0.05) is 28.6 Å². The van der Waals surface area contributed by atoms with Gasteiger partial charge in [0.1, 0.15) is 5.69 Å². The van der Waals surface area contributed by atoms with Crippen molar-refractivity contribution in [3.8, 4) is 17.1 Å². The van der Waals surface area contributed by atoms with Crippen molar-refractivity contribution in [2.24, 2.45) is 0 Å². The van der Waals surface area contributed by atoms with Gasteiger partial charge in [0.25, 0.3) is 0 Å². The maximum absolute atomic E-state index is 6.05. The fourth-order valence-electron chi connectivity index (χ4n) is 1.93. The Bertz CT molecular complexity index is 728. The van der Waals surface area contributed by atoms with E-state index < -0.39 is 0 Å². The van der Waals surface area contributed by atoms with Gasteiger partial charge in [0.15, 0.2) is 5.15 Å². The largest absolute Gasteiger partial charge is 0.481 e. The van der Waals surface area contributed by atoms with Crippen LogP contribution in [-0.4, -0.2) is 22.3 Å². The summed E-state index contributed by atoms with van der Waals surface area (Å²) >= 11 is 6.05. The predicted octanol–water partition coefficient (Wildman–Crippen LogP) is 3.35. The Morgan fingerprint density at radius 1 is 1.00 bits per heavy atom. The molecule has 0 amide bonds. The lowest BCUT2D eigenvalue weighted by Crippen LogP contribution is -1.93. The summed E-state index contributed by atoms with van der Waals surface area (Å²) < 4.78 is 5.04. The maximum Gasteiger partial charge on any atom is 0.212 e. The van der Waals surface area contributed by atoms with Crippen LogP contribution < -0.4 is 4.74 Å². The zero-order valence-electron chi connectivity index (χ0n) is 10.2. The van der Waals surface area contributed by atoms with E-state index in [0.717, 1.165) is 22.0 Å². The lowest BCUT2D eigenvalue weighted by atomic mass is 10.1. The van der Waals surface area contributed by atoms with Gasteiger partial charge in [-0.2, -0.15) is 0 Å². The topological polar surface area (TPSA) is 47.9 Å². The second-order valence-corrected chi connectivity index (χ2v) is 4.33. The van der Waals surface area contributed by atoms with Crippen LogP contribution in [0.25, 0.3) is 22.0 Å². The van der Waals surface area contributed by atoms with Gasteiger partial charge in [0.2, 0.25) is 5.88 Å². The summed E-state index contributed by atoms with van der Waals surface area (Å²) in [6.07, 6.45) is 1.71. The number of nitrogens with zero attached hydrogens (tertiary/aromatic N) is 3. The standard InChI is InChI=1S/C14H10ClN3O/c1-19-12-7-6-9(8-16-12)13-10-4-2-3-5-11(10)14(15)18-17-13/h2-8H,1H3. The summed E-state index contributed by atoms with van der Waals surface area (Å²) in [6.45, 7) is 0. The lowest BCUT2D eigenvalue weighted by Gasteiger charge is -2.06. The van der Waals surface area contributed by atoms with Gasteiger partial charge >= 0.3 is 0 Å². The van der Waals surface area contributed by atoms with Crippen LogP contribution in [0.3, 0.4) is 0 Å². The van der Waals surface area contributed by atoms with Crippen LogP contribution in [0.15, 0.2) is 42.6 Å². The Balaban J connectivity index is 2.21. The number of rotatable bonds is 2. The molecule has 1 aromatic carbocycles. The molecule has 4 nitrogen and oxygen atoms in total. The van der Waals surface area contributed by atoms with E-state index in [1.807, 2.05) is 30.3 Å². The van der Waals surface area contributed by atoms with E-state index in [2.05, 4.69) is 15.2 Å². The molecule has 2 aromatic heterocycles. The Hall–Kier alpha value is -2.20. The normalized spacial score (nSPS) is 10.6. The highest BCUT2D eigenvalue weighted by Gasteiger charge is 2.09. The van der Waals surface area contributed by atoms with E-state index in [9.17, 15) is 0 Å². The first kappa shape index (κ1) is 11.9. The minimum atomic E-state index is 0.404. The van der Waals surface area contributed by atoms with Crippen LogP contribution in [0, 0.1) is 0 Å². The molecule has 0 saturated carbocycles. The molecule has 0 fully saturated rings. The number of fused-ring (bicyclic) bond motifs is 1. The number of halogens is 1. The Labute approximate surface area is 115 Å². The van der Waals surface area contributed by atoms with E-state index in [1.165, 1.54) is 0 Å². The van der Waals surface area contributed by atoms with Crippen molar-refractivity contribution in [2.75, 3.05) is 7.11 Å². The molecular weight excluding hydrogens is 262 g/mol. The van der Waals surface area contributed by atoms with E-state index >= 15 is 0 Å². The quantitative estimate of drug-likeness (QED) is 0.717. The van der Waals surface area contributed by atoms with Gasteiger partial charge in [-0.15, -0.1) is 10.2 Å². The molecule has 5 heteroatoms. The summed E-state index contributed by atoms with van der Waals surface area (Å²) in [5.41, 5.74) is 1.64. The number of benzene rings is 1. The third kappa shape index (κ3) is 2.11. The van der Waals surface area contributed by atoms with Crippen LogP contribution in [0.5, 0.6) is 5.88 Å². The monoisotopic (exact) mass is 271 g/mol. The summed E-state index contributed by atoms with van der Waals surface area (Å²) in [4.78, 5) is 4.18. The highest BCUT2D eigenvalue weighted by atomic mass is 35.5. The van der Waals surface area contributed by atoms with Crippen molar-refractivity contribution in [1.29, 1.82) is 0 Å². The van der Waals surface area contributed by atoms with E-state index in [1.54, 1.807) is 19.4 Å². The predicted molar refractivity (Wildman–Crippen MR) is 74.3 cm³/mol. The van der Waals surface area contributed by atoms with Gasteiger partial charge in [-0.3, -0.25) is 0 Å². The third-order valence-corrected chi connectivity index (χ3v) is 3.14. The molecule has 0 aliphatic heterocycles. The molecule has 3 rings (SSSR count). The number of methoxy groups -OCH3 is 1. The minimum absolute atomic E-state index is 0.404. The molecule has 0 bridgehead atoms. The van der Waals surface area contributed by atoms with Crippen molar-refractivity contribution in [2.45, 2.75) is 0 Å². The summed E-state index contributed by atoms with van der Waals surface area (Å²) in [5.74, 6) is 0.565. The second-order valence-electron chi connectivity index (χ2n) is 3.97. The average molecular weight is 272 g/mol. The number of hydrogen-bond donors (Lipinski definition) is 0. The number of ether oxygens (including phenoxy) is 1. The smallest absolute Gasteiger partial charge is 0.212 e. The average Bonchev–Trinajstić information content (AvgIpc) is 2.48. The Morgan fingerprint density at radius 2 is 1.79 bits per heavy atom. The second kappa shape index (κ2) is 4.82. The Kier molecular flexibility index (Phi) is 3.01. The van der Waals surface area contributed by atoms with Crippen molar-refractivity contribution >= 4 is 22.4 Å². The molecule has 0 aliphatic carbocycles. The van der Waals surface area contributed by atoms with Crippen molar-refractivity contribution in [1.82, 2.24) is 15.2 Å². The van der Waals surface area contributed by atoms with Crippen molar-refractivity contribution < 1.29 is 4.74 Å². The molecular formula is C14H10ClN3O. The molecule has 19 heavy (non-hydrogen) atoms. The summed E-state index contributed by atoms with van der Waals surface area (Å²) in [6, 6.07) is 11.4. The zero-order valence-corrected chi connectivity index (χ0v) is 10.9. The highest BCUT2D eigenvalue weighted by molar-refractivity contribution is 6.34. The molecule has 0 aliphatic rings. The van der Waals surface area contributed by atoms with E-state index in [0.29, 0.717) is 11.0 Å². The summed E-state index contributed by atoms with van der Waals surface area (Å²) in [5, 5.41) is 10.4. The van der Waals surface area contributed by atoms with Gasteiger partial charge in [-0.25, -0.2) is 4.98 Å². The van der Waals surface area contributed by atoms with Crippen molar-refractivity contribution in [3.63, 3.8) is 0 Å². The van der Waals surface area contributed by atoms with Crippen LogP contribution in [0.1, 0.15) is 0 Å². The molecule has 0 radical (unpaired) electrons. The summed E-state index contributed by atoms with van der Waals surface area (Å²) in [7, 11) is 1.58. The number of aromatic nitrogens is 3. The first-order chi connectivity index (χ1) is 9.29. The van der Waals surface area contributed by atoms with Crippen LogP contribution >= 0.6 is 11.6 Å². The van der Waals surface area contributed by atoms with E-state index in [-0.39, 0.29) is 0 Å². The number of pyridine rings is 1. The third-order valence-electron chi connectivity index (χ3n) is 2.86.